The number of fused-ring (bicyclic) bond motifs is 1. The number of aromatic nitrogens is 5. The van der Waals surface area contributed by atoms with E-state index >= 15 is 0 Å². The number of benzene rings is 3. The maximum Gasteiger partial charge on any atom is 0.253 e. The molecule has 3 aromatic carbocycles. The number of hydrogen-bond donors (Lipinski definition) is 1. The molecular formula is C30H31FN6O2. The Balaban J connectivity index is 1.64. The van der Waals surface area contributed by atoms with E-state index in [0.29, 0.717) is 37.6 Å². The van der Waals surface area contributed by atoms with Gasteiger partial charge in [-0.15, -0.1) is 5.10 Å². The molecular weight excluding hydrogens is 495 g/mol. The maximum atomic E-state index is 13.7. The van der Waals surface area contributed by atoms with Crippen molar-refractivity contribution in [3.8, 4) is 0 Å². The summed E-state index contributed by atoms with van der Waals surface area (Å²) in [5.41, 5.74) is 4.25. The van der Waals surface area contributed by atoms with Crippen LogP contribution in [-0.2, 0) is 24.2 Å². The standard InChI is InChI=1S/C30H31FN6O2/c1-21-8-11-24-19-26(30(38)32-27(24)18-21)28(29-33-34-35-37(29)16-17-39-2)36(15-14-22-6-4-3-5-7-22)20-23-9-12-25(31)13-10-23/h3-13,18-19,28H,14-17,20H2,1-2H3,(H,32,38). The smallest absolute Gasteiger partial charge is 0.253 e. The highest BCUT2D eigenvalue weighted by Gasteiger charge is 2.30. The third kappa shape index (κ3) is 6.27. The van der Waals surface area contributed by atoms with Crippen molar-refractivity contribution in [2.75, 3.05) is 20.3 Å². The predicted molar refractivity (Wildman–Crippen MR) is 148 cm³/mol. The zero-order chi connectivity index (χ0) is 27.2. The Morgan fingerprint density at radius 1 is 1.03 bits per heavy atom. The van der Waals surface area contributed by atoms with E-state index in [4.69, 9.17) is 4.74 Å². The van der Waals surface area contributed by atoms with E-state index in [1.54, 1.807) is 23.9 Å². The fourth-order valence-corrected chi connectivity index (χ4v) is 4.82. The van der Waals surface area contributed by atoms with Crippen molar-refractivity contribution in [1.29, 1.82) is 0 Å². The average Bonchev–Trinajstić information content (AvgIpc) is 3.40. The summed E-state index contributed by atoms with van der Waals surface area (Å²) in [5, 5.41) is 13.5. The molecule has 9 heteroatoms. The van der Waals surface area contributed by atoms with E-state index in [0.717, 1.165) is 28.5 Å². The van der Waals surface area contributed by atoms with Crippen molar-refractivity contribution < 1.29 is 9.13 Å². The molecule has 0 bridgehead atoms. The van der Waals surface area contributed by atoms with Gasteiger partial charge in [0.2, 0.25) is 0 Å². The lowest BCUT2D eigenvalue weighted by Gasteiger charge is -2.31. The Hall–Kier alpha value is -4.21. The number of rotatable bonds is 11. The lowest BCUT2D eigenvalue weighted by Crippen LogP contribution is -2.36. The second-order valence-electron chi connectivity index (χ2n) is 9.63. The lowest BCUT2D eigenvalue weighted by atomic mass is 10.0. The Morgan fingerprint density at radius 3 is 2.59 bits per heavy atom. The van der Waals surface area contributed by atoms with Crippen LogP contribution in [0.5, 0.6) is 0 Å². The highest BCUT2D eigenvalue weighted by Crippen LogP contribution is 2.29. The van der Waals surface area contributed by atoms with Gasteiger partial charge < -0.3 is 9.72 Å². The topological polar surface area (TPSA) is 88.9 Å². The molecule has 2 aromatic heterocycles. The molecule has 200 valence electrons. The highest BCUT2D eigenvalue weighted by atomic mass is 19.1. The van der Waals surface area contributed by atoms with Crippen LogP contribution >= 0.6 is 0 Å². The van der Waals surface area contributed by atoms with Crippen molar-refractivity contribution in [2.24, 2.45) is 0 Å². The van der Waals surface area contributed by atoms with Crippen LogP contribution in [0.25, 0.3) is 10.9 Å². The van der Waals surface area contributed by atoms with Crippen molar-refractivity contribution >= 4 is 10.9 Å². The molecule has 8 nitrogen and oxygen atoms in total. The lowest BCUT2D eigenvalue weighted by molar-refractivity contribution is 0.172. The number of ether oxygens (including phenoxy) is 1. The molecule has 2 heterocycles. The van der Waals surface area contributed by atoms with E-state index in [2.05, 4.69) is 37.5 Å². The molecule has 0 saturated heterocycles. The van der Waals surface area contributed by atoms with Gasteiger partial charge in [0.25, 0.3) is 5.56 Å². The van der Waals surface area contributed by atoms with Crippen molar-refractivity contribution in [3.63, 3.8) is 0 Å². The van der Waals surface area contributed by atoms with Gasteiger partial charge in [-0.05, 0) is 70.1 Å². The molecule has 1 unspecified atom stereocenters. The van der Waals surface area contributed by atoms with Crippen LogP contribution in [0, 0.1) is 12.7 Å². The fraction of sp³-hybridized carbons (Fsp3) is 0.267. The van der Waals surface area contributed by atoms with Crippen LogP contribution in [0.15, 0.2) is 83.7 Å². The predicted octanol–water partition coefficient (Wildman–Crippen LogP) is 4.44. The van der Waals surface area contributed by atoms with E-state index in [9.17, 15) is 9.18 Å². The molecule has 5 aromatic rings. The molecule has 0 radical (unpaired) electrons. The summed E-state index contributed by atoms with van der Waals surface area (Å²) >= 11 is 0. The second kappa shape index (κ2) is 12.1. The Labute approximate surface area is 226 Å². The van der Waals surface area contributed by atoms with Gasteiger partial charge >= 0.3 is 0 Å². The Morgan fingerprint density at radius 2 is 1.82 bits per heavy atom. The summed E-state index contributed by atoms with van der Waals surface area (Å²) in [4.78, 5) is 18.9. The van der Waals surface area contributed by atoms with Gasteiger partial charge in [0.15, 0.2) is 5.82 Å². The molecule has 0 aliphatic rings. The fourth-order valence-electron chi connectivity index (χ4n) is 4.82. The van der Waals surface area contributed by atoms with Gasteiger partial charge in [0.05, 0.1) is 13.2 Å². The van der Waals surface area contributed by atoms with Gasteiger partial charge in [-0.25, -0.2) is 9.07 Å². The van der Waals surface area contributed by atoms with E-state index < -0.39 is 6.04 Å². The highest BCUT2D eigenvalue weighted by molar-refractivity contribution is 5.79. The maximum absolute atomic E-state index is 13.7. The third-order valence-electron chi connectivity index (χ3n) is 6.83. The number of aromatic amines is 1. The number of halogens is 1. The van der Waals surface area contributed by atoms with E-state index in [-0.39, 0.29) is 11.4 Å². The average molecular weight is 527 g/mol. The first kappa shape index (κ1) is 26.4. The normalized spacial score (nSPS) is 12.3. The van der Waals surface area contributed by atoms with Gasteiger partial charge in [-0.3, -0.25) is 9.69 Å². The van der Waals surface area contributed by atoms with E-state index in [1.807, 2.05) is 49.4 Å². The summed E-state index contributed by atoms with van der Waals surface area (Å²) < 4.78 is 20.7. The number of methoxy groups -OCH3 is 1. The number of pyridine rings is 1. The van der Waals surface area contributed by atoms with Crippen molar-refractivity contribution in [2.45, 2.75) is 32.5 Å². The Kier molecular flexibility index (Phi) is 8.19. The molecule has 5 rings (SSSR count). The SMILES string of the molecule is COCCn1nnnc1C(c1cc2ccc(C)cc2[nH]c1=O)N(CCc1ccccc1)Cc1ccc(F)cc1. The minimum atomic E-state index is -0.569. The van der Waals surface area contributed by atoms with Crippen LogP contribution in [-0.4, -0.2) is 50.4 Å². The number of H-pyrrole nitrogens is 1. The summed E-state index contributed by atoms with van der Waals surface area (Å²) in [7, 11) is 1.62. The summed E-state index contributed by atoms with van der Waals surface area (Å²) in [6, 6.07) is 24.0. The summed E-state index contributed by atoms with van der Waals surface area (Å²) in [6.07, 6.45) is 0.739. The summed E-state index contributed by atoms with van der Waals surface area (Å²) in [5.74, 6) is 0.245. The molecule has 0 saturated carbocycles. The molecule has 1 atom stereocenters. The summed E-state index contributed by atoms with van der Waals surface area (Å²) in [6.45, 7) is 3.91. The monoisotopic (exact) mass is 526 g/mol. The first-order valence-corrected chi connectivity index (χ1v) is 12.9. The number of hydrogen-bond acceptors (Lipinski definition) is 6. The van der Waals surface area contributed by atoms with Crippen LogP contribution in [0.1, 0.15) is 34.1 Å². The minimum absolute atomic E-state index is 0.205. The number of aryl methyl sites for hydroxylation is 1. The first-order chi connectivity index (χ1) is 19.0. The quantitative estimate of drug-likeness (QED) is 0.274. The van der Waals surface area contributed by atoms with Crippen LogP contribution in [0.2, 0.25) is 0 Å². The third-order valence-corrected chi connectivity index (χ3v) is 6.83. The van der Waals surface area contributed by atoms with Crippen LogP contribution < -0.4 is 5.56 Å². The molecule has 0 spiro atoms. The van der Waals surface area contributed by atoms with Crippen LogP contribution in [0.3, 0.4) is 0 Å². The molecule has 39 heavy (non-hydrogen) atoms. The second-order valence-corrected chi connectivity index (χ2v) is 9.63. The molecule has 0 fully saturated rings. The van der Waals surface area contributed by atoms with E-state index in [1.165, 1.54) is 17.7 Å². The largest absolute Gasteiger partial charge is 0.383 e. The first-order valence-electron chi connectivity index (χ1n) is 12.9. The van der Waals surface area contributed by atoms with Gasteiger partial charge in [-0.1, -0.05) is 54.6 Å². The van der Waals surface area contributed by atoms with Gasteiger partial charge in [0.1, 0.15) is 11.9 Å². The molecule has 1 N–H and O–H groups in total. The van der Waals surface area contributed by atoms with Gasteiger partial charge in [0, 0.05) is 31.3 Å². The molecule has 0 aliphatic carbocycles. The Bertz CT molecular complexity index is 1580. The van der Waals surface area contributed by atoms with Crippen LogP contribution in [0.4, 0.5) is 4.39 Å². The zero-order valence-corrected chi connectivity index (χ0v) is 22.0. The number of tetrazole rings is 1. The number of nitrogens with zero attached hydrogens (tertiary/aromatic N) is 5. The molecule has 0 amide bonds. The van der Waals surface area contributed by atoms with Crippen molar-refractivity contribution in [3.05, 3.63) is 123 Å². The zero-order valence-electron chi connectivity index (χ0n) is 22.0. The number of nitrogens with one attached hydrogen (secondary N) is 1. The van der Waals surface area contributed by atoms with Crippen molar-refractivity contribution in [1.82, 2.24) is 30.1 Å². The van der Waals surface area contributed by atoms with Gasteiger partial charge in [-0.2, -0.15) is 0 Å². The minimum Gasteiger partial charge on any atom is -0.383 e. The molecule has 0 aliphatic heterocycles.